The molecule has 154 valence electrons. The van der Waals surface area contributed by atoms with Crippen LogP contribution < -0.4 is 10.2 Å². The molecule has 0 bridgehead atoms. The fourth-order valence-electron chi connectivity index (χ4n) is 3.81. The van der Waals surface area contributed by atoms with Gasteiger partial charge in [-0.25, -0.2) is 18.7 Å². The Balaban J connectivity index is 1.56. The Labute approximate surface area is 170 Å². The van der Waals surface area contributed by atoms with E-state index < -0.39 is 11.6 Å². The van der Waals surface area contributed by atoms with Gasteiger partial charge in [0.15, 0.2) is 5.82 Å². The van der Waals surface area contributed by atoms with Crippen LogP contribution in [0.3, 0.4) is 0 Å². The monoisotopic (exact) mass is 412 g/mol. The molecule has 1 amide bonds. The van der Waals surface area contributed by atoms with E-state index in [2.05, 4.69) is 20.3 Å². The molecule has 1 aromatic carbocycles. The Kier molecular flexibility index (Phi) is 4.62. The molecule has 2 aromatic heterocycles. The van der Waals surface area contributed by atoms with Gasteiger partial charge in [0.25, 0.3) is 0 Å². The Hall–Kier alpha value is -3.40. The molecule has 1 N–H and O–H groups in total. The molecule has 1 fully saturated rings. The van der Waals surface area contributed by atoms with E-state index in [1.807, 2.05) is 4.90 Å². The molecule has 0 radical (unpaired) electrons. The van der Waals surface area contributed by atoms with Crippen LogP contribution in [0.15, 0.2) is 36.8 Å². The highest BCUT2D eigenvalue weighted by molar-refractivity contribution is 6.00. The van der Waals surface area contributed by atoms with Gasteiger partial charge in [-0.15, -0.1) is 0 Å². The smallest absolute Gasteiger partial charge is 0.244 e. The summed E-state index contributed by atoms with van der Waals surface area (Å²) in [5.41, 5.74) is 0.642. The quantitative estimate of drug-likeness (QED) is 0.712. The first-order valence-electron chi connectivity index (χ1n) is 9.60. The molecule has 5 rings (SSSR count). The lowest BCUT2D eigenvalue weighted by molar-refractivity contribution is -0.115. The second kappa shape index (κ2) is 7.45. The van der Waals surface area contributed by atoms with Crippen LogP contribution >= 0.6 is 0 Å². The van der Waals surface area contributed by atoms with Crippen LogP contribution in [-0.4, -0.2) is 51.2 Å². The summed E-state index contributed by atoms with van der Waals surface area (Å²) >= 11 is 0. The first kappa shape index (κ1) is 18.6. The number of ether oxygens (including phenoxy) is 1. The molecule has 0 spiro atoms. The van der Waals surface area contributed by atoms with Crippen LogP contribution in [0.25, 0.3) is 17.3 Å². The second-order valence-corrected chi connectivity index (χ2v) is 7.20. The molecule has 30 heavy (non-hydrogen) atoms. The van der Waals surface area contributed by atoms with Gasteiger partial charge in [-0.3, -0.25) is 9.36 Å². The van der Waals surface area contributed by atoms with Gasteiger partial charge in [-0.1, -0.05) is 0 Å². The van der Waals surface area contributed by atoms with E-state index in [0.717, 1.165) is 18.9 Å². The van der Waals surface area contributed by atoms with E-state index in [-0.39, 0.29) is 35.8 Å². The number of halogens is 2. The minimum absolute atomic E-state index is 0.0306. The number of aromatic nitrogens is 4. The number of imidazole rings is 1. The topological polar surface area (TPSA) is 85.2 Å². The van der Waals surface area contributed by atoms with Gasteiger partial charge in [0.05, 0.1) is 31.0 Å². The van der Waals surface area contributed by atoms with Crippen LogP contribution in [0.1, 0.15) is 12.8 Å². The zero-order valence-corrected chi connectivity index (χ0v) is 15.9. The molecule has 2 aliphatic rings. The highest BCUT2D eigenvalue weighted by atomic mass is 19.1. The van der Waals surface area contributed by atoms with Gasteiger partial charge in [-0.05, 0) is 25.0 Å². The molecule has 0 saturated carbocycles. The number of hydrogen-bond donors (Lipinski definition) is 1. The normalized spacial score (nSPS) is 18.8. The summed E-state index contributed by atoms with van der Waals surface area (Å²) in [5, 5.41) is 2.79. The number of carbonyl (C=O) groups is 1. The molecule has 8 nitrogen and oxygen atoms in total. The number of benzene rings is 1. The molecule has 1 atom stereocenters. The highest BCUT2D eigenvalue weighted by Gasteiger charge is 2.31. The van der Waals surface area contributed by atoms with Crippen LogP contribution in [0.5, 0.6) is 0 Å². The Morgan fingerprint density at radius 1 is 1.23 bits per heavy atom. The molecule has 3 aromatic rings. The third-order valence-corrected chi connectivity index (χ3v) is 5.22. The minimum atomic E-state index is -0.728. The summed E-state index contributed by atoms with van der Waals surface area (Å²) in [5.74, 6) is -0.438. The molecule has 2 aliphatic heterocycles. The summed E-state index contributed by atoms with van der Waals surface area (Å²) < 4.78 is 34.8. The lowest BCUT2D eigenvalue weighted by Gasteiger charge is -2.37. The van der Waals surface area contributed by atoms with Crippen molar-refractivity contribution in [2.75, 3.05) is 30.0 Å². The van der Waals surface area contributed by atoms with Crippen molar-refractivity contribution in [1.82, 2.24) is 19.5 Å². The largest absolute Gasteiger partial charge is 0.379 e. The lowest BCUT2D eigenvalue weighted by Crippen LogP contribution is -2.48. The van der Waals surface area contributed by atoms with E-state index in [9.17, 15) is 13.6 Å². The molecule has 1 unspecified atom stereocenters. The van der Waals surface area contributed by atoms with Crippen molar-refractivity contribution in [1.29, 1.82) is 0 Å². The zero-order valence-electron chi connectivity index (χ0n) is 15.9. The van der Waals surface area contributed by atoms with E-state index in [1.54, 1.807) is 6.20 Å². The van der Waals surface area contributed by atoms with Crippen molar-refractivity contribution >= 4 is 17.4 Å². The molecule has 4 heterocycles. The lowest BCUT2D eigenvalue weighted by atomic mass is 10.1. The molecular formula is C20H18F2N6O2. The van der Waals surface area contributed by atoms with Crippen LogP contribution in [0.4, 0.5) is 20.3 Å². The summed E-state index contributed by atoms with van der Waals surface area (Å²) in [4.78, 5) is 27.3. The summed E-state index contributed by atoms with van der Waals surface area (Å²) in [7, 11) is 0. The number of nitrogens with one attached hydrogen (secondary N) is 1. The molecule has 0 aliphatic carbocycles. The number of rotatable bonds is 3. The van der Waals surface area contributed by atoms with E-state index >= 15 is 0 Å². The van der Waals surface area contributed by atoms with Crippen molar-refractivity contribution in [2.45, 2.75) is 18.9 Å². The maximum atomic E-state index is 14.3. The van der Waals surface area contributed by atoms with Crippen molar-refractivity contribution in [3.63, 3.8) is 0 Å². The van der Waals surface area contributed by atoms with E-state index in [0.29, 0.717) is 24.7 Å². The maximum absolute atomic E-state index is 14.3. The number of anilines is 2. The standard InChI is InChI=1S/C20H18F2N6O2/c21-12-3-4-14(15(22)8-12)18-23-5-6-27(18)20-24-9-16-19(26-20)28(10-17(29)25-16)13-2-1-7-30-11-13/h3-6,8-9,13H,1-2,7,10-11H2,(H,25,29). The number of amides is 1. The van der Waals surface area contributed by atoms with Crippen molar-refractivity contribution in [3.8, 4) is 17.3 Å². The number of nitrogens with zero attached hydrogens (tertiary/aromatic N) is 5. The van der Waals surface area contributed by atoms with E-state index in [1.165, 1.54) is 29.1 Å². The van der Waals surface area contributed by atoms with Crippen LogP contribution in [0, 0.1) is 11.6 Å². The average molecular weight is 412 g/mol. The van der Waals surface area contributed by atoms with Gasteiger partial charge in [0.1, 0.15) is 23.1 Å². The predicted molar refractivity (Wildman–Crippen MR) is 104 cm³/mol. The van der Waals surface area contributed by atoms with Gasteiger partial charge in [0, 0.05) is 25.1 Å². The number of carbonyl (C=O) groups excluding carboxylic acids is 1. The fraction of sp³-hybridized carbons (Fsp3) is 0.300. The van der Waals surface area contributed by atoms with Crippen molar-refractivity contribution in [3.05, 3.63) is 48.4 Å². The average Bonchev–Trinajstić information content (AvgIpc) is 3.23. The third-order valence-electron chi connectivity index (χ3n) is 5.22. The number of fused-ring (bicyclic) bond motifs is 1. The molecule has 10 heteroatoms. The predicted octanol–water partition coefficient (Wildman–Crippen LogP) is 2.54. The van der Waals surface area contributed by atoms with Gasteiger partial charge in [0.2, 0.25) is 11.9 Å². The van der Waals surface area contributed by atoms with Crippen molar-refractivity contribution in [2.24, 2.45) is 0 Å². The number of hydrogen-bond acceptors (Lipinski definition) is 6. The zero-order chi connectivity index (χ0) is 20.7. The first-order chi connectivity index (χ1) is 14.6. The van der Waals surface area contributed by atoms with E-state index in [4.69, 9.17) is 4.74 Å². The third kappa shape index (κ3) is 3.28. The van der Waals surface area contributed by atoms with Crippen LogP contribution in [0.2, 0.25) is 0 Å². The Bertz CT molecular complexity index is 1110. The maximum Gasteiger partial charge on any atom is 0.244 e. The van der Waals surface area contributed by atoms with Gasteiger partial charge < -0.3 is 15.0 Å². The van der Waals surface area contributed by atoms with Crippen molar-refractivity contribution < 1.29 is 18.3 Å². The van der Waals surface area contributed by atoms with Gasteiger partial charge >= 0.3 is 0 Å². The highest BCUT2D eigenvalue weighted by Crippen LogP contribution is 2.32. The summed E-state index contributed by atoms with van der Waals surface area (Å²) in [6.07, 6.45) is 6.43. The van der Waals surface area contributed by atoms with Gasteiger partial charge in [-0.2, -0.15) is 4.98 Å². The molecular weight excluding hydrogens is 394 g/mol. The first-order valence-corrected chi connectivity index (χ1v) is 9.60. The SMILES string of the molecule is O=C1CN(C2CCCOC2)c2nc(-n3ccnc3-c3ccc(F)cc3F)ncc2N1. The Morgan fingerprint density at radius 3 is 2.93 bits per heavy atom. The molecule has 1 saturated heterocycles. The summed E-state index contributed by atoms with van der Waals surface area (Å²) in [6.45, 7) is 1.39. The Morgan fingerprint density at radius 2 is 2.13 bits per heavy atom. The fourth-order valence-corrected chi connectivity index (χ4v) is 3.81. The summed E-state index contributed by atoms with van der Waals surface area (Å²) in [6, 6.07) is 3.34. The minimum Gasteiger partial charge on any atom is -0.379 e. The van der Waals surface area contributed by atoms with Crippen LogP contribution in [-0.2, 0) is 9.53 Å². The second-order valence-electron chi connectivity index (χ2n) is 7.20.